The summed E-state index contributed by atoms with van der Waals surface area (Å²) in [4.78, 5) is 51.3. The lowest BCUT2D eigenvalue weighted by Gasteiger charge is -2.36. The SMILES string of the molecule is COC(=O)c1scc(C)c1NC(=O)C[N+]1(CC(=O)Nc2c(C)csc2C(=O)OC)CCCCCC1.[Br-]. The second-order valence-electron chi connectivity index (χ2n) is 8.84. The Morgan fingerprint density at radius 3 is 1.53 bits per heavy atom. The number of esters is 2. The summed E-state index contributed by atoms with van der Waals surface area (Å²) < 4.78 is 9.98. The number of ether oxygens (including phenoxy) is 2. The lowest BCUT2D eigenvalue weighted by Crippen LogP contribution is -3.00. The molecule has 2 aromatic heterocycles. The van der Waals surface area contributed by atoms with Gasteiger partial charge in [0.25, 0.3) is 11.8 Å². The molecule has 0 unspecified atom stereocenters. The molecule has 1 fully saturated rings. The van der Waals surface area contributed by atoms with E-state index >= 15 is 0 Å². The van der Waals surface area contributed by atoms with Crippen molar-refractivity contribution in [1.82, 2.24) is 0 Å². The molecule has 1 aliphatic rings. The minimum atomic E-state index is -0.496. The van der Waals surface area contributed by atoms with Gasteiger partial charge in [-0.1, -0.05) is 0 Å². The topological polar surface area (TPSA) is 111 Å². The second kappa shape index (κ2) is 13.3. The highest BCUT2D eigenvalue weighted by molar-refractivity contribution is 7.13. The van der Waals surface area contributed by atoms with Gasteiger partial charge in [0.2, 0.25) is 0 Å². The van der Waals surface area contributed by atoms with E-state index in [2.05, 4.69) is 10.6 Å². The summed E-state index contributed by atoms with van der Waals surface area (Å²) in [5.41, 5.74) is 2.49. The standard InChI is InChI=1S/C24H31N3O6S2.BrH/c1-15-13-34-21(23(30)32-3)19(15)25-17(28)11-27(9-7-5-6-8-10-27)12-18(29)26-20-16(2)14-35-22(20)24(31)33-4;/h13-14H,5-12H2,1-4H3,(H-,25,26,28,29,30,31);1H. The third-order valence-corrected chi connectivity index (χ3v) is 8.35. The lowest BCUT2D eigenvalue weighted by atomic mass is 10.2. The minimum Gasteiger partial charge on any atom is -1.00 e. The van der Waals surface area contributed by atoms with E-state index in [0.29, 0.717) is 38.7 Å². The number of likely N-dealkylation sites (tertiary alicyclic amines) is 1. The van der Waals surface area contributed by atoms with Crippen LogP contribution in [0.4, 0.5) is 11.4 Å². The molecule has 198 valence electrons. The van der Waals surface area contributed by atoms with Gasteiger partial charge in [-0.25, -0.2) is 9.59 Å². The Labute approximate surface area is 229 Å². The van der Waals surface area contributed by atoms with E-state index in [1.54, 1.807) is 10.8 Å². The molecule has 0 radical (unpaired) electrons. The fourth-order valence-corrected chi connectivity index (χ4v) is 6.23. The number of hydrogen-bond donors (Lipinski definition) is 2. The molecule has 2 aromatic rings. The fourth-order valence-electron chi connectivity index (χ4n) is 4.38. The van der Waals surface area contributed by atoms with Gasteiger partial charge in [-0.05, 0) is 61.4 Å². The zero-order chi connectivity index (χ0) is 25.6. The molecule has 3 rings (SSSR count). The van der Waals surface area contributed by atoms with Gasteiger partial charge in [0.05, 0.1) is 38.7 Å². The Bertz CT molecular complexity index is 1030. The Morgan fingerprint density at radius 2 is 1.17 bits per heavy atom. The number of carbonyl (C=O) groups excluding carboxylic acids is 4. The number of aryl methyl sites for hydroxylation is 2. The third-order valence-electron chi connectivity index (χ3n) is 6.19. The maximum atomic E-state index is 13.2. The maximum absolute atomic E-state index is 13.2. The monoisotopic (exact) mass is 601 g/mol. The van der Waals surface area contributed by atoms with Crippen molar-refractivity contribution in [3.8, 4) is 0 Å². The van der Waals surface area contributed by atoms with Crippen molar-refractivity contribution in [2.24, 2.45) is 0 Å². The van der Waals surface area contributed by atoms with Gasteiger partial charge < -0.3 is 41.6 Å². The van der Waals surface area contributed by atoms with Gasteiger partial charge in [-0.3, -0.25) is 9.59 Å². The number of thiophene rings is 2. The van der Waals surface area contributed by atoms with Crippen LogP contribution in [0.15, 0.2) is 10.8 Å². The smallest absolute Gasteiger partial charge is 0.350 e. The largest absolute Gasteiger partial charge is 1.00 e. The van der Waals surface area contributed by atoms with Crippen molar-refractivity contribution in [2.45, 2.75) is 39.5 Å². The third kappa shape index (κ3) is 7.15. The number of rotatable bonds is 8. The van der Waals surface area contributed by atoms with E-state index in [1.165, 1.54) is 36.9 Å². The molecular formula is C24H32BrN3O6S2. The molecule has 0 aliphatic carbocycles. The number of carbonyl (C=O) groups is 4. The van der Waals surface area contributed by atoms with Crippen LogP contribution < -0.4 is 27.6 Å². The van der Waals surface area contributed by atoms with E-state index < -0.39 is 11.9 Å². The van der Waals surface area contributed by atoms with Crippen LogP contribution in [-0.2, 0) is 19.1 Å². The highest BCUT2D eigenvalue weighted by atomic mass is 79.9. The average molecular weight is 603 g/mol. The van der Waals surface area contributed by atoms with Crippen molar-refractivity contribution < 1.29 is 50.1 Å². The molecule has 12 heteroatoms. The van der Waals surface area contributed by atoms with Gasteiger partial charge in [0.15, 0.2) is 13.1 Å². The van der Waals surface area contributed by atoms with Crippen molar-refractivity contribution in [1.29, 1.82) is 0 Å². The fraction of sp³-hybridized carbons (Fsp3) is 0.500. The minimum absolute atomic E-state index is 0. The molecule has 0 bridgehead atoms. The number of nitrogens with zero attached hydrogens (tertiary/aromatic N) is 1. The number of nitrogens with one attached hydrogen (secondary N) is 2. The first-order valence-corrected chi connectivity index (χ1v) is 13.2. The molecule has 0 aromatic carbocycles. The molecule has 3 heterocycles. The molecule has 2 N–H and O–H groups in total. The van der Waals surface area contributed by atoms with Gasteiger partial charge in [-0.15, -0.1) is 22.7 Å². The molecule has 0 atom stereocenters. The Kier molecular flexibility index (Phi) is 11.1. The Balaban J connectivity index is 0.00000456. The van der Waals surface area contributed by atoms with E-state index in [0.717, 1.165) is 36.8 Å². The molecule has 0 saturated carbocycles. The van der Waals surface area contributed by atoms with E-state index in [1.807, 2.05) is 13.8 Å². The number of methoxy groups -OCH3 is 2. The summed E-state index contributed by atoms with van der Waals surface area (Å²) in [5.74, 6) is -1.50. The first-order chi connectivity index (χ1) is 16.7. The summed E-state index contributed by atoms with van der Waals surface area (Å²) in [6.07, 6.45) is 3.93. The number of halogens is 1. The van der Waals surface area contributed by atoms with Crippen LogP contribution in [0.1, 0.15) is 56.2 Å². The molecule has 1 aliphatic heterocycles. The number of quaternary nitrogens is 1. The number of hydrogen-bond acceptors (Lipinski definition) is 8. The molecule has 36 heavy (non-hydrogen) atoms. The molecule has 9 nitrogen and oxygen atoms in total. The van der Waals surface area contributed by atoms with Crippen LogP contribution in [0.5, 0.6) is 0 Å². The number of anilines is 2. The maximum Gasteiger partial charge on any atom is 0.350 e. The molecule has 0 spiro atoms. The highest BCUT2D eigenvalue weighted by Crippen LogP contribution is 2.30. The van der Waals surface area contributed by atoms with Crippen molar-refractivity contribution in [2.75, 3.05) is 51.0 Å². The summed E-state index contributed by atoms with van der Waals surface area (Å²) >= 11 is 2.45. The predicted molar refractivity (Wildman–Crippen MR) is 136 cm³/mol. The quantitative estimate of drug-likeness (QED) is 0.345. The molecule has 2 amide bonds. The van der Waals surface area contributed by atoms with Crippen LogP contribution in [0.2, 0.25) is 0 Å². The van der Waals surface area contributed by atoms with Gasteiger partial charge in [-0.2, -0.15) is 0 Å². The summed E-state index contributed by atoms with van der Waals surface area (Å²) in [7, 11) is 2.61. The van der Waals surface area contributed by atoms with Gasteiger partial charge in [0, 0.05) is 0 Å². The predicted octanol–water partition coefficient (Wildman–Crippen LogP) is 0.972. The highest BCUT2D eigenvalue weighted by Gasteiger charge is 2.35. The molecular weight excluding hydrogens is 570 g/mol. The van der Waals surface area contributed by atoms with Crippen LogP contribution in [-0.4, -0.2) is 68.6 Å². The first-order valence-electron chi connectivity index (χ1n) is 11.5. The Hall–Kier alpha value is -2.28. The van der Waals surface area contributed by atoms with E-state index in [9.17, 15) is 19.2 Å². The lowest BCUT2D eigenvalue weighted by molar-refractivity contribution is -0.912. The van der Waals surface area contributed by atoms with Gasteiger partial charge >= 0.3 is 11.9 Å². The summed E-state index contributed by atoms with van der Waals surface area (Å²) in [6.45, 7) is 5.25. The summed E-state index contributed by atoms with van der Waals surface area (Å²) in [6, 6.07) is 0. The van der Waals surface area contributed by atoms with Crippen LogP contribution in [0.3, 0.4) is 0 Å². The van der Waals surface area contributed by atoms with Crippen LogP contribution >= 0.6 is 22.7 Å². The van der Waals surface area contributed by atoms with Crippen LogP contribution in [0.25, 0.3) is 0 Å². The normalized spacial score (nSPS) is 14.7. The van der Waals surface area contributed by atoms with E-state index in [-0.39, 0.29) is 41.9 Å². The Morgan fingerprint density at radius 1 is 0.778 bits per heavy atom. The van der Waals surface area contributed by atoms with Crippen molar-refractivity contribution in [3.05, 3.63) is 31.6 Å². The zero-order valence-electron chi connectivity index (χ0n) is 20.9. The van der Waals surface area contributed by atoms with Crippen LogP contribution in [0, 0.1) is 13.8 Å². The number of amides is 2. The molecule has 1 saturated heterocycles. The first kappa shape index (κ1) is 29.9. The summed E-state index contributed by atoms with van der Waals surface area (Å²) in [5, 5.41) is 9.38. The zero-order valence-corrected chi connectivity index (χ0v) is 24.1. The van der Waals surface area contributed by atoms with Crippen molar-refractivity contribution in [3.63, 3.8) is 0 Å². The van der Waals surface area contributed by atoms with Gasteiger partial charge in [0.1, 0.15) is 9.75 Å². The average Bonchev–Trinajstić information content (AvgIpc) is 3.27. The van der Waals surface area contributed by atoms with E-state index in [4.69, 9.17) is 9.47 Å². The second-order valence-corrected chi connectivity index (χ2v) is 10.6. The van der Waals surface area contributed by atoms with Crippen molar-refractivity contribution >= 4 is 57.8 Å².